The monoisotopic (exact) mass is 659 g/mol. The molecule has 48 heavy (non-hydrogen) atoms. The molecule has 254 valence electrons. The minimum absolute atomic E-state index is 0.0359. The molecule has 2 N–H and O–H groups in total. The van der Waals surface area contributed by atoms with Crippen molar-refractivity contribution in [2.75, 3.05) is 45.9 Å². The lowest BCUT2D eigenvalue weighted by atomic mass is 9.99. The van der Waals surface area contributed by atoms with Gasteiger partial charge in [-0.05, 0) is 56.4 Å². The van der Waals surface area contributed by atoms with E-state index in [1.54, 1.807) is 31.2 Å². The topological polar surface area (TPSA) is 159 Å². The normalized spacial score (nSPS) is 16.8. The number of carboxylic acids is 1. The van der Waals surface area contributed by atoms with Crippen LogP contribution in [-0.4, -0.2) is 107 Å². The van der Waals surface area contributed by atoms with Gasteiger partial charge in [0, 0.05) is 50.6 Å². The summed E-state index contributed by atoms with van der Waals surface area (Å²) in [4.78, 5) is 73.3. The van der Waals surface area contributed by atoms with Gasteiger partial charge in [0.05, 0.1) is 18.2 Å². The molecule has 13 nitrogen and oxygen atoms in total. The molecule has 2 fully saturated rings. The van der Waals surface area contributed by atoms with Crippen molar-refractivity contribution in [2.45, 2.75) is 51.6 Å². The van der Waals surface area contributed by atoms with Gasteiger partial charge in [-0.3, -0.25) is 19.2 Å². The van der Waals surface area contributed by atoms with E-state index in [9.17, 15) is 29.1 Å². The van der Waals surface area contributed by atoms with Gasteiger partial charge in [0.1, 0.15) is 17.5 Å². The molecule has 0 aliphatic carbocycles. The number of hydrogen-bond acceptors (Lipinski definition) is 8. The van der Waals surface area contributed by atoms with Crippen molar-refractivity contribution in [1.29, 1.82) is 0 Å². The second-order valence-corrected chi connectivity index (χ2v) is 11.9. The number of rotatable bonds is 11. The first kappa shape index (κ1) is 34.1. The van der Waals surface area contributed by atoms with Crippen LogP contribution in [0.2, 0.25) is 0 Å². The van der Waals surface area contributed by atoms with Gasteiger partial charge in [0.15, 0.2) is 6.61 Å². The van der Waals surface area contributed by atoms with Crippen LogP contribution in [0.4, 0.5) is 4.79 Å². The number of piperazine rings is 1. The number of aromatic nitrogens is 1. The molecule has 1 aromatic heterocycles. The third-order valence-corrected chi connectivity index (χ3v) is 8.75. The number of carbonyl (C=O) groups is 5. The predicted octanol–water partition coefficient (Wildman–Crippen LogP) is 3.55. The molecule has 3 aromatic rings. The van der Waals surface area contributed by atoms with Crippen LogP contribution >= 0.6 is 0 Å². The zero-order valence-electron chi connectivity index (χ0n) is 27.2. The minimum Gasteiger partial charge on any atom is -0.483 e. The number of likely N-dealkylation sites (tertiary alicyclic amines) is 1. The Kier molecular flexibility index (Phi) is 11.1. The Morgan fingerprint density at radius 3 is 2.42 bits per heavy atom. The van der Waals surface area contributed by atoms with E-state index >= 15 is 0 Å². The van der Waals surface area contributed by atoms with E-state index in [0.29, 0.717) is 17.4 Å². The number of nitrogens with zero attached hydrogens (tertiary/aromatic N) is 4. The third-order valence-electron chi connectivity index (χ3n) is 8.75. The van der Waals surface area contributed by atoms with Crippen molar-refractivity contribution in [3.63, 3.8) is 0 Å². The number of nitrogens with one attached hydrogen (secondary N) is 1. The fraction of sp³-hybridized carbons (Fsp3) is 0.429. The van der Waals surface area contributed by atoms with Gasteiger partial charge < -0.3 is 34.6 Å². The molecule has 2 aromatic carbocycles. The van der Waals surface area contributed by atoms with Gasteiger partial charge in [0.2, 0.25) is 5.91 Å². The van der Waals surface area contributed by atoms with E-state index in [4.69, 9.17) is 9.47 Å². The lowest BCUT2D eigenvalue weighted by Crippen LogP contribution is -2.56. The molecule has 5 rings (SSSR count). The average Bonchev–Trinajstić information content (AvgIpc) is 3.58. The molecule has 2 aliphatic heterocycles. The first-order valence-corrected chi connectivity index (χ1v) is 16.3. The first-order valence-electron chi connectivity index (χ1n) is 16.3. The number of carbonyl (C=O) groups excluding carboxylic acids is 4. The highest BCUT2D eigenvalue weighted by molar-refractivity contribution is 5.99. The number of fused-ring (bicyclic) bond motifs is 1. The largest absolute Gasteiger partial charge is 0.483 e. The zero-order chi connectivity index (χ0) is 34.2. The first-order chi connectivity index (χ1) is 23.2. The third kappa shape index (κ3) is 8.01. The van der Waals surface area contributed by atoms with Crippen molar-refractivity contribution >= 4 is 40.7 Å². The zero-order valence-corrected chi connectivity index (χ0v) is 27.2. The molecule has 3 heterocycles. The molecule has 1 unspecified atom stereocenters. The number of aryl methyl sites for hydroxylation is 1. The van der Waals surface area contributed by atoms with Crippen LogP contribution in [0.1, 0.15) is 60.3 Å². The summed E-state index contributed by atoms with van der Waals surface area (Å²) >= 11 is 0. The fourth-order valence-electron chi connectivity index (χ4n) is 6.25. The van der Waals surface area contributed by atoms with Crippen molar-refractivity contribution in [1.82, 2.24) is 25.0 Å². The molecule has 13 heteroatoms. The summed E-state index contributed by atoms with van der Waals surface area (Å²) in [5, 5.41) is 12.6. The van der Waals surface area contributed by atoms with Crippen LogP contribution in [0.3, 0.4) is 0 Å². The molecular weight excluding hydrogens is 618 g/mol. The number of carboxylic acid groups (broad SMARTS) is 1. The summed E-state index contributed by atoms with van der Waals surface area (Å²) < 4.78 is 11.1. The van der Waals surface area contributed by atoms with Gasteiger partial charge in [0.25, 0.3) is 11.8 Å². The minimum atomic E-state index is -1.14. The van der Waals surface area contributed by atoms with E-state index in [1.807, 2.05) is 36.1 Å². The van der Waals surface area contributed by atoms with Gasteiger partial charge in [-0.1, -0.05) is 36.4 Å². The number of benzene rings is 2. The van der Waals surface area contributed by atoms with Crippen LogP contribution in [0.15, 0.2) is 54.6 Å². The smallest absolute Gasteiger partial charge is 0.409 e. The fourth-order valence-corrected chi connectivity index (χ4v) is 6.25. The van der Waals surface area contributed by atoms with E-state index < -0.39 is 29.9 Å². The highest BCUT2D eigenvalue weighted by atomic mass is 16.6. The summed E-state index contributed by atoms with van der Waals surface area (Å²) in [6, 6.07) is 15.3. The molecule has 0 radical (unpaired) electrons. The van der Waals surface area contributed by atoms with Crippen LogP contribution in [-0.2, 0) is 19.1 Å². The molecule has 0 saturated carbocycles. The number of amides is 4. The summed E-state index contributed by atoms with van der Waals surface area (Å²) in [6.07, 6.45) is 0.800. The van der Waals surface area contributed by atoms with Crippen LogP contribution < -0.4 is 10.1 Å². The van der Waals surface area contributed by atoms with Gasteiger partial charge in [-0.25, -0.2) is 9.78 Å². The van der Waals surface area contributed by atoms with Crippen LogP contribution in [0.5, 0.6) is 5.75 Å². The molecule has 4 amide bonds. The molecule has 2 saturated heterocycles. The predicted molar refractivity (Wildman–Crippen MR) is 175 cm³/mol. The van der Waals surface area contributed by atoms with E-state index in [2.05, 4.69) is 10.3 Å². The summed E-state index contributed by atoms with van der Waals surface area (Å²) in [7, 11) is 0. The molecule has 0 spiro atoms. The second kappa shape index (κ2) is 15.6. The SMILES string of the molecule is CCOC(=O)N1CCN(C(=O)C(CCC(=O)O)NC(=O)c2cc(OCC(=O)N3CCC[C@H]3c3ccccc3C)c3ccccc3n2)CC1. The highest BCUT2D eigenvalue weighted by Crippen LogP contribution is 2.34. The number of pyridine rings is 1. The summed E-state index contributed by atoms with van der Waals surface area (Å²) in [5.41, 5.74) is 2.65. The maximum atomic E-state index is 13.6. The summed E-state index contributed by atoms with van der Waals surface area (Å²) in [5.74, 6) is -2.14. The molecular formula is C35H41N5O8. The summed E-state index contributed by atoms with van der Waals surface area (Å²) in [6.45, 7) is 5.28. The Morgan fingerprint density at radius 1 is 0.979 bits per heavy atom. The Morgan fingerprint density at radius 2 is 1.69 bits per heavy atom. The number of ether oxygens (including phenoxy) is 2. The Hall–Kier alpha value is -5.20. The maximum Gasteiger partial charge on any atom is 0.409 e. The van der Waals surface area contributed by atoms with E-state index in [0.717, 1.165) is 24.0 Å². The van der Waals surface area contributed by atoms with Crippen molar-refractivity contribution in [3.05, 3.63) is 71.4 Å². The standard InChI is InChI=1S/C35H41N5O8/c1-3-47-35(46)39-19-17-38(18-20-39)34(45)27(14-15-32(42)43)37-33(44)28-21-30(25-11-6-7-12-26(25)36-28)48-22-31(41)40-16-8-13-29(40)24-10-5-4-9-23(24)2/h4-7,9-12,21,27,29H,3,8,13-20,22H2,1-2H3,(H,37,44)(H,42,43)/t27?,29-/m0/s1. The van der Waals surface area contributed by atoms with Crippen LogP contribution in [0.25, 0.3) is 10.9 Å². The van der Waals surface area contributed by atoms with Crippen LogP contribution in [0, 0.1) is 6.92 Å². The quantitative estimate of drug-likeness (QED) is 0.314. The lowest BCUT2D eigenvalue weighted by molar-refractivity contribution is -0.138. The average molecular weight is 660 g/mol. The highest BCUT2D eigenvalue weighted by Gasteiger charge is 2.33. The molecule has 0 bridgehead atoms. The number of para-hydroxylation sites is 1. The Bertz CT molecular complexity index is 1670. The van der Waals surface area contributed by atoms with Crippen molar-refractivity contribution < 1.29 is 38.6 Å². The molecule has 2 atom stereocenters. The number of hydrogen-bond donors (Lipinski definition) is 2. The van der Waals surface area contributed by atoms with Crippen molar-refractivity contribution in [3.8, 4) is 5.75 Å². The molecule has 2 aliphatic rings. The van der Waals surface area contributed by atoms with Gasteiger partial charge in [-0.15, -0.1) is 0 Å². The number of aliphatic carboxylic acids is 1. The maximum absolute atomic E-state index is 13.6. The van der Waals surface area contributed by atoms with E-state index in [-0.39, 0.29) is 75.6 Å². The van der Waals surface area contributed by atoms with Gasteiger partial charge in [-0.2, -0.15) is 0 Å². The van der Waals surface area contributed by atoms with E-state index in [1.165, 1.54) is 15.9 Å². The Balaban J connectivity index is 1.30. The Labute approximate surface area is 278 Å². The second-order valence-electron chi connectivity index (χ2n) is 11.9. The van der Waals surface area contributed by atoms with Gasteiger partial charge >= 0.3 is 12.1 Å². The van der Waals surface area contributed by atoms with Crippen molar-refractivity contribution in [2.24, 2.45) is 0 Å². The lowest BCUT2D eigenvalue weighted by Gasteiger charge is -2.35.